The molecule has 2 rings (SSSR count). The summed E-state index contributed by atoms with van der Waals surface area (Å²) in [6.45, 7) is 4.27. The van der Waals surface area contributed by atoms with E-state index in [1.165, 1.54) is 0 Å². The Bertz CT molecular complexity index is 582. The third kappa shape index (κ3) is 4.66. The first kappa shape index (κ1) is 17.2. The smallest absolute Gasteiger partial charge is 0.233 e. The Kier molecular flexibility index (Phi) is 6.34. The van der Waals surface area contributed by atoms with Gasteiger partial charge in [-0.15, -0.1) is 10.2 Å². The van der Waals surface area contributed by atoms with E-state index in [0.717, 1.165) is 31.4 Å². The van der Waals surface area contributed by atoms with Crippen LogP contribution >= 0.6 is 0 Å². The number of aromatic amines is 1. The van der Waals surface area contributed by atoms with Crippen LogP contribution in [0.1, 0.15) is 68.8 Å². The minimum Gasteiger partial charge on any atom is -0.424 e. The molecule has 7 nitrogen and oxygen atoms in total. The van der Waals surface area contributed by atoms with E-state index in [0.29, 0.717) is 23.3 Å². The van der Waals surface area contributed by atoms with E-state index in [1.807, 2.05) is 25.3 Å². The zero-order chi connectivity index (χ0) is 16.7. The molecule has 126 valence electrons. The highest BCUT2D eigenvalue weighted by atomic mass is 16.5. The van der Waals surface area contributed by atoms with E-state index in [-0.39, 0.29) is 18.4 Å². The quantitative estimate of drug-likeness (QED) is 0.303. The molecule has 2 N–H and O–H groups in total. The average Bonchev–Trinajstić information content (AvgIpc) is 3.24. The van der Waals surface area contributed by atoms with E-state index >= 15 is 0 Å². The van der Waals surface area contributed by atoms with Crippen molar-refractivity contribution in [1.29, 1.82) is 0 Å². The van der Waals surface area contributed by atoms with Gasteiger partial charge in [0, 0.05) is 11.9 Å². The second-order valence-corrected chi connectivity index (χ2v) is 5.75. The average molecular weight is 320 g/mol. The molecule has 1 amide bonds. The maximum absolute atomic E-state index is 10.7. The van der Waals surface area contributed by atoms with Crippen molar-refractivity contribution in [2.45, 2.75) is 51.4 Å². The number of hydrogen-bond acceptors (Lipinski definition) is 5. The molecule has 0 bridgehead atoms. The molecule has 2 heterocycles. The van der Waals surface area contributed by atoms with Crippen LogP contribution in [0, 0.1) is 0 Å². The summed E-state index contributed by atoms with van der Waals surface area (Å²) in [6.07, 6.45) is 6.20. The first-order valence-corrected chi connectivity index (χ1v) is 8.03. The maximum atomic E-state index is 10.7. The van der Waals surface area contributed by atoms with Gasteiger partial charge in [0.2, 0.25) is 18.2 Å². The molecule has 2 atom stereocenters. The Balaban J connectivity index is 2.10. The fourth-order valence-electron chi connectivity index (χ4n) is 2.54. The topological polar surface area (TPSA) is 95.2 Å². The van der Waals surface area contributed by atoms with E-state index in [9.17, 15) is 10.0 Å². The first-order valence-electron chi connectivity index (χ1n) is 8.03. The minimum atomic E-state index is -0.158. The zero-order valence-corrected chi connectivity index (χ0v) is 13.6. The van der Waals surface area contributed by atoms with Crippen molar-refractivity contribution < 1.29 is 14.4 Å². The van der Waals surface area contributed by atoms with Crippen LogP contribution in [0.4, 0.5) is 0 Å². The van der Waals surface area contributed by atoms with E-state index < -0.39 is 0 Å². The van der Waals surface area contributed by atoms with Gasteiger partial charge < -0.3 is 9.40 Å². The molecule has 0 aliphatic heterocycles. The number of amides is 1. The number of nitrogens with one attached hydrogen (secondary N) is 1. The molecule has 23 heavy (non-hydrogen) atoms. The van der Waals surface area contributed by atoms with Crippen LogP contribution in [0.5, 0.6) is 0 Å². The lowest BCUT2D eigenvalue weighted by Crippen LogP contribution is -2.24. The molecule has 0 aliphatic carbocycles. The fourth-order valence-corrected chi connectivity index (χ4v) is 2.54. The number of hydrogen-bond donors (Lipinski definition) is 2. The van der Waals surface area contributed by atoms with Crippen molar-refractivity contribution in [3.63, 3.8) is 0 Å². The molecule has 0 fully saturated rings. The number of carbonyl (C=O) groups is 1. The van der Waals surface area contributed by atoms with Gasteiger partial charge in [-0.25, -0.2) is 5.06 Å². The molecule has 0 saturated heterocycles. The normalized spacial score (nSPS) is 13.7. The third-order valence-electron chi connectivity index (χ3n) is 3.95. The van der Waals surface area contributed by atoms with Crippen LogP contribution in [0.3, 0.4) is 0 Å². The summed E-state index contributed by atoms with van der Waals surface area (Å²) >= 11 is 0. The molecule has 2 aromatic rings. The SMILES string of the molecule is CCCCCC(CN(O)C=O)c1nnc([C@H](C)c2ccc[nH]2)o1. The minimum absolute atomic E-state index is 0.0288. The number of carbonyl (C=O) groups excluding carboxylic acids is 1. The Hall–Kier alpha value is -2.15. The van der Waals surface area contributed by atoms with Crippen LogP contribution in [0.25, 0.3) is 0 Å². The zero-order valence-electron chi connectivity index (χ0n) is 13.6. The summed E-state index contributed by atoms with van der Waals surface area (Å²) in [5, 5.41) is 18.4. The predicted octanol–water partition coefficient (Wildman–Crippen LogP) is 3.06. The summed E-state index contributed by atoms with van der Waals surface area (Å²) in [4.78, 5) is 13.8. The van der Waals surface area contributed by atoms with Gasteiger partial charge in [-0.1, -0.05) is 26.2 Å². The van der Waals surface area contributed by atoms with E-state index in [2.05, 4.69) is 22.1 Å². The van der Waals surface area contributed by atoms with E-state index in [1.54, 1.807) is 0 Å². The Labute approximate surface area is 135 Å². The third-order valence-corrected chi connectivity index (χ3v) is 3.95. The standard InChI is InChI=1S/C16H24N4O3/c1-3-4-5-7-13(10-20(22)11-21)16-19-18-15(23-16)12(2)14-8-6-9-17-14/h6,8-9,11-13,17,22H,3-5,7,10H2,1-2H3/t12-,13?/m1/s1. The van der Waals surface area contributed by atoms with Gasteiger partial charge in [0.1, 0.15) is 0 Å². The number of aromatic nitrogens is 3. The van der Waals surface area contributed by atoms with E-state index in [4.69, 9.17) is 4.42 Å². The second-order valence-electron chi connectivity index (χ2n) is 5.75. The van der Waals surface area contributed by atoms with Gasteiger partial charge in [-0.2, -0.15) is 0 Å². The molecule has 2 aromatic heterocycles. The number of H-pyrrole nitrogens is 1. The lowest BCUT2D eigenvalue weighted by Gasteiger charge is -2.16. The number of rotatable bonds is 10. The summed E-state index contributed by atoms with van der Waals surface area (Å²) < 4.78 is 5.81. The highest BCUT2D eigenvalue weighted by Crippen LogP contribution is 2.26. The van der Waals surface area contributed by atoms with Crippen molar-refractivity contribution in [3.05, 3.63) is 35.8 Å². The molecular weight excluding hydrogens is 296 g/mol. The fraction of sp³-hybridized carbons (Fsp3) is 0.562. The van der Waals surface area contributed by atoms with Crippen molar-refractivity contribution >= 4 is 6.41 Å². The van der Waals surface area contributed by atoms with Crippen molar-refractivity contribution in [2.24, 2.45) is 0 Å². The van der Waals surface area contributed by atoms with Gasteiger partial charge >= 0.3 is 0 Å². The highest BCUT2D eigenvalue weighted by molar-refractivity contribution is 5.44. The summed E-state index contributed by atoms with van der Waals surface area (Å²) in [5.74, 6) is 0.807. The van der Waals surface area contributed by atoms with Crippen LogP contribution < -0.4 is 0 Å². The predicted molar refractivity (Wildman–Crippen MR) is 84.0 cm³/mol. The second kappa shape index (κ2) is 8.47. The lowest BCUT2D eigenvalue weighted by atomic mass is 10.0. The maximum Gasteiger partial charge on any atom is 0.233 e. The summed E-state index contributed by atoms with van der Waals surface area (Å²) in [6, 6.07) is 3.89. The van der Waals surface area contributed by atoms with Gasteiger partial charge in [0.05, 0.1) is 18.4 Å². The van der Waals surface area contributed by atoms with Crippen LogP contribution in [-0.2, 0) is 4.79 Å². The number of hydroxylamine groups is 2. The van der Waals surface area contributed by atoms with Gasteiger partial charge in [-0.05, 0) is 25.5 Å². The molecule has 0 radical (unpaired) electrons. The molecule has 1 unspecified atom stereocenters. The Morgan fingerprint density at radius 3 is 2.83 bits per heavy atom. The number of unbranched alkanes of at least 4 members (excludes halogenated alkanes) is 2. The lowest BCUT2D eigenvalue weighted by molar-refractivity contribution is -0.151. The molecule has 0 aliphatic rings. The highest BCUT2D eigenvalue weighted by Gasteiger charge is 2.23. The summed E-state index contributed by atoms with van der Waals surface area (Å²) in [7, 11) is 0. The summed E-state index contributed by atoms with van der Waals surface area (Å²) in [5.41, 5.74) is 0.999. The van der Waals surface area contributed by atoms with Crippen LogP contribution in [0.2, 0.25) is 0 Å². The first-order chi connectivity index (χ1) is 11.2. The van der Waals surface area contributed by atoms with Gasteiger partial charge in [0.25, 0.3) is 0 Å². The largest absolute Gasteiger partial charge is 0.424 e. The Morgan fingerprint density at radius 2 is 2.17 bits per heavy atom. The van der Waals surface area contributed by atoms with Crippen LogP contribution in [-0.4, -0.2) is 38.4 Å². The van der Waals surface area contributed by atoms with Gasteiger partial charge in [-0.3, -0.25) is 10.0 Å². The molecule has 0 spiro atoms. The van der Waals surface area contributed by atoms with Crippen LogP contribution in [0.15, 0.2) is 22.7 Å². The van der Waals surface area contributed by atoms with Crippen molar-refractivity contribution in [1.82, 2.24) is 20.2 Å². The van der Waals surface area contributed by atoms with Crippen molar-refractivity contribution in [2.75, 3.05) is 6.54 Å². The van der Waals surface area contributed by atoms with Crippen molar-refractivity contribution in [3.8, 4) is 0 Å². The molecule has 7 heteroatoms. The Morgan fingerprint density at radius 1 is 1.39 bits per heavy atom. The molecule has 0 aromatic carbocycles. The van der Waals surface area contributed by atoms with Gasteiger partial charge in [0.15, 0.2) is 0 Å². The molecular formula is C16H24N4O3. The number of nitrogens with zero attached hydrogens (tertiary/aromatic N) is 3. The molecule has 0 saturated carbocycles. The monoisotopic (exact) mass is 320 g/mol.